The summed E-state index contributed by atoms with van der Waals surface area (Å²) in [7, 11) is 0. The van der Waals surface area contributed by atoms with Gasteiger partial charge in [0.1, 0.15) is 0 Å². The molecule has 0 heterocycles. The van der Waals surface area contributed by atoms with Crippen LogP contribution < -0.4 is 0 Å². The zero-order chi connectivity index (χ0) is 16.1. The van der Waals surface area contributed by atoms with Gasteiger partial charge < -0.3 is 0 Å². The summed E-state index contributed by atoms with van der Waals surface area (Å²) < 4.78 is 6.32. The molecule has 0 fully saturated rings. The van der Waals surface area contributed by atoms with Crippen molar-refractivity contribution in [2.75, 3.05) is 0 Å². The molecule has 0 spiro atoms. The molecule has 0 radical (unpaired) electrons. The Morgan fingerprint density at radius 3 is 1.62 bits per heavy atom. The molecule has 0 saturated carbocycles. The Labute approximate surface area is 138 Å². The van der Waals surface area contributed by atoms with Gasteiger partial charge in [-0.3, -0.25) is 0 Å². The fourth-order valence-corrected chi connectivity index (χ4v) is 20.8. The zero-order valence-corrected chi connectivity index (χ0v) is 18.0. The molecule has 0 aliphatic rings. The van der Waals surface area contributed by atoms with Crippen LogP contribution >= 0.6 is 0 Å². The molecule has 0 aromatic heterocycles. The first kappa shape index (κ1) is 21.0. The number of unbranched alkanes of at least 4 members (excludes halogenated alkanes) is 3. The third-order valence-electron chi connectivity index (χ3n) is 4.55. The molecule has 0 N–H and O–H groups in total. The Kier molecular flexibility index (Phi) is 12.6. The van der Waals surface area contributed by atoms with E-state index in [0.717, 1.165) is 6.42 Å². The summed E-state index contributed by atoms with van der Waals surface area (Å²) in [5.41, 5.74) is 1.36. The molecule has 0 aromatic rings. The first-order valence-corrected chi connectivity index (χ1v) is 16.5. The molecular formula is C20H38Sn. The van der Waals surface area contributed by atoms with E-state index in [0.29, 0.717) is 0 Å². The van der Waals surface area contributed by atoms with Gasteiger partial charge in [-0.05, 0) is 0 Å². The number of hydrogen-bond donors (Lipinski definition) is 0. The van der Waals surface area contributed by atoms with Crippen LogP contribution in [0.25, 0.3) is 0 Å². The van der Waals surface area contributed by atoms with Gasteiger partial charge in [0.25, 0.3) is 0 Å². The van der Waals surface area contributed by atoms with Gasteiger partial charge in [-0.2, -0.15) is 0 Å². The zero-order valence-electron chi connectivity index (χ0n) is 15.1. The summed E-state index contributed by atoms with van der Waals surface area (Å²) in [6.45, 7) is 17.5. The Hall–Kier alpha value is 0.0187. The summed E-state index contributed by atoms with van der Waals surface area (Å²) >= 11 is -2.26. The van der Waals surface area contributed by atoms with Crippen molar-refractivity contribution in [1.82, 2.24) is 0 Å². The first-order valence-electron chi connectivity index (χ1n) is 9.05. The maximum absolute atomic E-state index is 4.35. The van der Waals surface area contributed by atoms with Crippen LogP contribution in [0.5, 0.6) is 0 Å². The van der Waals surface area contributed by atoms with Crippen LogP contribution in [0.1, 0.15) is 72.6 Å². The minimum absolute atomic E-state index is 1.02. The molecular weight excluding hydrogens is 359 g/mol. The summed E-state index contributed by atoms with van der Waals surface area (Å²) in [5, 5.41) is 0. The number of allylic oxidation sites excluding steroid dienone is 4. The average molecular weight is 397 g/mol. The van der Waals surface area contributed by atoms with Gasteiger partial charge in [-0.15, -0.1) is 0 Å². The van der Waals surface area contributed by atoms with E-state index in [1.54, 1.807) is 3.59 Å². The van der Waals surface area contributed by atoms with Crippen molar-refractivity contribution in [3.63, 3.8) is 0 Å². The van der Waals surface area contributed by atoms with Crippen LogP contribution in [0.15, 0.2) is 34.5 Å². The number of rotatable bonds is 13. The van der Waals surface area contributed by atoms with Gasteiger partial charge in [0.05, 0.1) is 0 Å². The van der Waals surface area contributed by atoms with Crippen molar-refractivity contribution < 1.29 is 0 Å². The normalized spacial score (nSPS) is 12.5. The van der Waals surface area contributed by atoms with E-state index in [9.17, 15) is 0 Å². The Morgan fingerprint density at radius 1 is 0.905 bits per heavy atom. The second kappa shape index (κ2) is 12.6. The molecule has 0 aromatic carbocycles. The SMILES string of the molecule is C=CC/C=[C](\C(=C)C)[Sn]([CH2]CCC)([CH2]CCC)[CH2]CCC. The van der Waals surface area contributed by atoms with Crippen LogP contribution in [-0.2, 0) is 0 Å². The monoisotopic (exact) mass is 398 g/mol. The van der Waals surface area contributed by atoms with Crippen LogP contribution in [-0.4, -0.2) is 18.4 Å². The molecule has 21 heavy (non-hydrogen) atoms. The average Bonchev–Trinajstić information content (AvgIpc) is 2.48. The molecule has 122 valence electrons. The van der Waals surface area contributed by atoms with Gasteiger partial charge in [-0.1, -0.05) is 0 Å². The third-order valence-corrected chi connectivity index (χ3v) is 20.8. The van der Waals surface area contributed by atoms with Crippen molar-refractivity contribution >= 4 is 18.4 Å². The summed E-state index contributed by atoms with van der Waals surface area (Å²) in [6.07, 6.45) is 13.8. The quantitative estimate of drug-likeness (QED) is 0.172. The van der Waals surface area contributed by atoms with E-state index in [1.165, 1.54) is 57.4 Å². The van der Waals surface area contributed by atoms with Crippen LogP contribution in [0.4, 0.5) is 0 Å². The van der Waals surface area contributed by atoms with E-state index in [4.69, 9.17) is 0 Å². The Balaban J connectivity index is 5.50. The second-order valence-electron chi connectivity index (χ2n) is 6.51. The standard InChI is InChI=1S/C8H11.3C4H9.Sn/c1-4-5-6-7-8(2)3;3*1-3-4-2;/h4,6H,1-2,5H2,3H3;3*1,3-4H2,2H3;. The van der Waals surface area contributed by atoms with Gasteiger partial charge in [0.15, 0.2) is 0 Å². The van der Waals surface area contributed by atoms with E-state index in [1.807, 2.05) is 6.08 Å². The van der Waals surface area contributed by atoms with Gasteiger partial charge in [-0.25, -0.2) is 0 Å². The van der Waals surface area contributed by atoms with Crippen molar-refractivity contribution in [3.05, 3.63) is 34.5 Å². The Bertz CT molecular complexity index is 303. The fraction of sp³-hybridized carbons (Fsp3) is 0.700. The molecule has 0 bridgehead atoms. The molecule has 1 heteroatoms. The second-order valence-corrected chi connectivity index (χ2v) is 19.6. The van der Waals surface area contributed by atoms with E-state index < -0.39 is 18.4 Å². The predicted molar refractivity (Wildman–Crippen MR) is 103 cm³/mol. The van der Waals surface area contributed by atoms with Crippen LogP contribution in [0.3, 0.4) is 0 Å². The maximum atomic E-state index is 4.35. The molecule has 0 aliphatic carbocycles. The van der Waals surface area contributed by atoms with Crippen molar-refractivity contribution in [2.45, 2.75) is 86.0 Å². The molecule has 0 aliphatic heterocycles. The number of hydrogen-bond acceptors (Lipinski definition) is 0. The third kappa shape index (κ3) is 7.72. The topological polar surface area (TPSA) is 0 Å². The van der Waals surface area contributed by atoms with Gasteiger partial charge in [0.2, 0.25) is 0 Å². The molecule has 0 unspecified atom stereocenters. The van der Waals surface area contributed by atoms with Crippen molar-refractivity contribution in [2.24, 2.45) is 0 Å². The molecule has 0 atom stereocenters. The summed E-state index contributed by atoms with van der Waals surface area (Å²) in [5.74, 6) is 0. The molecule has 0 amide bonds. The summed E-state index contributed by atoms with van der Waals surface area (Å²) in [4.78, 5) is 0. The van der Waals surface area contributed by atoms with Crippen molar-refractivity contribution in [1.29, 1.82) is 0 Å². The van der Waals surface area contributed by atoms with Crippen molar-refractivity contribution in [3.8, 4) is 0 Å². The van der Waals surface area contributed by atoms with Gasteiger partial charge >= 0.3 is 139 Å². The van der Waals surface area contributed by atoms with E-state index >= 15 is 0 Å². The van der Waals surface area contributed by atoms with Gasteiger partial charge in [0, 0.05) is 0 Å². The van der Waals surface area contributed by atoms with Crippen LogP contribution in [0.2, 0.25) is 13.3 Å². The predicted octanol–water partition coefficient (Wildman–Crippen LogP) is 7.45. The van der Waals surface area contributed by atoms with E-state index in [-0.39, 0.29) is 0 Å². The van der Waals surface area contributed by atoms with E-state index in [2.05, 4.69) is 46.9 Å². The molecule has 0 nitrogen and oxygen atoms in total. The summed E-state index contributed by atoms with van der Waals surface area (Å²) in [6, 6.07) is 0. The van der Waals surface area contributed by atoms with Crippen LogP contribution in [0, 0.1) is 0 Å². The molecule has 0 saturated heterocycles. The fourth-order valence-electron chi connectivity index (χ4n) is 3.37. The molecule has 0 rings (SSSR count). The minimum atomic E-state index is -2.26. The first-order chi connectivity index (χ1) is 10.1. The Morgan fingerprint density at radius 2 is 1.33 bits per heavy atom.